The number of furan rings is 1. The molecule has 0 aliphatic carbocycles. The molecule has 2 aromatic heterocycles. The highest BCUT2D eigenvalue weighted by Crippen LogP contribution is 2.36. The van der Waals surface area contributed by atoms with Crippen molar-refractivity contribution in [1.29, 1.82) is 0 Å². The van der Waals surface area contributed by atoms with E-state index < -0.39 is 0 Å². The maximum Gasteiger partial charge on any atom is 0.163 e. The zero-order chi connectivity index (χ0) is 37.3. The van der Waals surface area contributed by atoms with Gasteiger partial charge in [-0.3, -0.25) is 0 Å². The maximum absolute atomic E-state index is 6.41. The molecule has 56 heavy (non-hydrogen) atoms. The summed E-state index contributed by atoms with van der Waals surface area (Å²) in [5.74, 6) is 1.99. The first kappa shape index (κ1) is 33.2. The van der Waals surface area contributed by atoms with Crippen molar-refractivity contribution in [2.45, 2.75) is 6.42 Å². The van der Waals surface area contributed by atoms with Crippen molar-refractivity contribution in [2.24, 2.45) is 0 Å². The van der Waals surface area contributed by atoms with Crippen molar-refractivity contribution in [2.75, 3.05) is 0 Å². The lowest BCUT2D eigenvalue weighted by Crippen LogP contribution is -2.04. The molecule has 0 aliphatic heterocycles. The van der Waals surface area contributed by atoms with Gasteiger partial charge >= 0.3 is 0 Å². The fourth-order valence-electron chi connectivity index (χ4n) is 7.52. The second kappa shape index (κ2) is 14.4. The van der Waals surface area contributed by atoms with Crippen LogP contribution < -0.4 is 0 Å². The average molecular weight is 718 g/mol. The minimum absolute atomic E-state index is 0.517. The van der Waals surface area contributed by atoms with Gasteiger partial charge in [-0.25, -0.2) is 15.0 Å². The smallest absolute Gasteiger partial charge is 0.163 e. The van der Waals surface area contributed by atoms with Crippen LogP contribution in [-0.2, 0) is 6.42 Å². The zero-order valence-electron chi connectivity index (χ0n) is 30.5. The molecule has 0 fully saturated rings. The Bertz CT molecular complexity index is 2940. The molecular formula is C52H35N3O. The lowest BCUT2D eigenvalue weighted by Gasteiger charge is -2.10. The first-order valence-electron chi connectivity index (χ1n) is 18.9. The van der Waals surface area contributed by atoms with Crippen LogP contribution >= 0.6 is 0 Å². The molecule has 10 rings (SSSR count). The van der Waals surface area contributed by atoms with Crippen molar-refractivity contribution in [3.63, 3.8) is 0 Å². The molecule has 0 saturated heterocycles. The van der Waals surface area contributed by atoms with Crippen LogP contribution in [0.3, 0.4) is 0 Å². The Morgan fingerprint density at radius 2 is 0.732 bits per heavy atom. The summed E-state index contributed by atoms with van der Waals surface area (Å²) in [4.78, 5) is 15.1. The standard InChI is InChI=1S/C52H35N3O/c1-4-11-35(12-5-1)37-19-21-39(22-20-37)40-27-29-43(30-28-40)52-54-49(53-51(55-52)42-15-8-3-9-16-42)34-45-17-10-18-48-50(45)46-33-44(31-32-47(46)56-48)41-25-23-38(24-26-41)36-13-6-2-7-14-36/h1-33H,34H2. The quantitative estimate of drug-likeness (QED) is 0.157. The molecule has 8 aromatic carbocycles. The summed E-state index contributed by atoms with van der Waals surface area (Å²) in [5, 5.41) is 2.15. The summed E-state index contributed by atoms with van der Waals surface area (Å²) in [6.45, 7) is 0. The first-order valence-corrected chi connectivity index (χ1v) is 18.9. The van der Waals surface area contributed by atoms with Crippen LogP contribution in [0.15, 0.2) is 205 Å². The van der Waals surface area contributed by atoms with E-state index in [1.807, 2.05) is 48.5 Å². The SMILES string of the molecule is c1ccc(-c2ccc(-c3ccc(-c4nc(Cc5cccc6oc7ccc(-c8ccc(-c9ccccc9)cc8)cc7c56)nc(-c5ccccc5)n4)cc3)cc2)cc1. The third-order valence-electron chi connectivity index (χ3n) is 10.4. The van der Waals surface area contributed by atoms with Gasteiger partial charge in [-0.15, -0.1) is 0 Å². The summed E-state index contributed by atoms with van der Waals surface area (Å²) >= 11 is 0. The highest BCUT2D eigenvalue weighted by molar-refractivity contribution is 6.08. The number of rotatable bonds is 8. The van der Waals surface area contributed by atoms with E-state index in [2.05, 4.69) is 152 Å². The lowest BCUT2D eigenvalue weighted by molar-refractivity contribution is 0.668. The topological polar surface area (TPSA) is 51.8 Å². The second-order valence-electron chi connectivity index (χ2n) is 14.0. The maximum atomic E-state index is 6.41. The van der Waals surface area contributed by atoms with E-state index in [1.165, 1.54) is 22.3 Å². The van der Waals surface area contributed by atoms with E-state index in [1.54, 1.807) is 0 Å². The van der Waals surface area contributed by atoms with Gasteiger partial charge in [0.25, 0.3) is 0 Å². The van der Waals surface area contributed by atoms with Crippen LogP contribution in [0.4, 0.5) is 0 Å². The van der Waals surface area contributed by atoms with Crippen molar-refractivity contribution in [1.82, 2.24) is 15.0 Å². The van der Waals surface area contributed by atoms with Gasteiger partial charge in [0, 0.05) is 28.3 Å². The Morgan fingerprint density at radius 3 is 1.25 bits per heavy atom. The Morgan fingerprint density at radius 1 is 0.321 bits per heavy atom. The van der Waals surface area contributed by atoms with Gasteiger partial charge in [-0.05, 0) is 68.3 Å². The third kappa shape index (κ3) is 6.54. The Labute approximate surface area is 325 Å². The van der Waals surface area contributed by atoms with E-state index in [9.17, 15) is 0 Å². The molecule has 0 saturated carbocycles. The average Bonchev–Trinajstić information content (AvgIpc) is 3.66. The van der Waals surface area contributed by atoms with Gasteiger partial charge < -0.3 is 4.42 Å². The Kier molecular flexibility index (Phi) is 8.54. The van der Waals surface area contributed by atoms with Gasteiger partial charge in [0.1, 0.15) is 17.0 Å². The van der Waals surface area contributed by atoms with Crippen molar-refractivity contribution < 1.29 is 4.42 Å². The van der Waals surface area contributed by atoms with E-state index in [0.717, 1.165) is 60.9 Å². The predicted octanol–water partition coefficient (Wildman–Crippen LogP) is 13.4. The monoisotopic (exact) mass is 717 g/mol. The van der Waals surface area contributed by atoms with Crippen molar-refractivity contribution >= 4 is 21.9 Å². The number of fused-ring (bicyclic) bond motifs is 3. The lowest BCUT2D eigenvalue weighted by atomic mass is 9.98. The van der Waals surface area contributed by atoms with Crippen LogP contribution in [0.2, 0.25) is 0 Å². The molecule has 2 heterocycles. The van der Waals surface area contributed by atoms with Crippen LogP contribution in [0.25, 0.3) is 89.2 Å². The molecule has 4 nitrogen and oxygen atoms in total. The number of benzene rings is 8. The highest BCUT2D eigenvalue weighted by Gasteiger charge is 2.17. The van der Waals surface area contributed by atoms with Crippen LogP contribution in [0.1, 0.15) is 11.4 Å². The van der Waals surface area contributed by atoms with Gasteiger partial charge in [0.15, 0.2) is 11.6 Å². The van der Waals surface area contributed by atoms with Gasteiger partial charge in [0.05, 0.1) is 0 Å². The predicted molar refractivity (Wildman–Crippen MR) is 229 cm³/mol. The summed E-state index contributed by atoms with van der Waals surface area (Å²) in [6.07, 6.45) is 0.517. The molecule has 264 valence electrons. The molecule has 10 aromatic rings. The normalized spacial score (nSPS) is 11.3. The molecule has 0 aliphatic rings. The van der Waals surface area contributed by atoms with Crippen molar-refractivity contribution in [3.8, 4) is 67.3 Å². The fraction of sp³-hybridized carbons (Fsp3) is 0.0192. The molecule has 0 radical (unpaired) electrons. The molecule has 0 unspecified atom stereocenters. The van der Waals surface area contributed by atoms with E-state index >= 15 is 0 Å². The van der Waals surface area contributed by atoms with E-state index in [-0.39, 0.29) is 0 Å². The van der Waals surface area contributed by atoms with Crippen LogP contribution in [-0.4, -0.2) is 15.0 Å². The summed E-state index contributed by atoms with van der Waals surface area (Å²) in [5.41, 5.74) is 14.1. The first-order chi connectivity index (χ1) is 27.7. The van der Waals surface area contributed by atoms with Gasteiger partial charge in [-0.1, -0.05) is 182 Å². The molecule has 0 spiro atoms. The molecule has 0 amide bonds. The third-order valence-corrected chi connectivity index (χ3v) is 10.4. The summed E-state index contributed by atoms with van der Waals surface area (Å²) in [7, 11) is 0. The van der Waals surface area contributed by atoms with E-state index in [4.69, 9.17) is 19.4 Å². The number of aromatic nitrogens is 3. The molecule has 4 heteroatoms. The number of nitrogens with zero attached hydrogens (tertiary/aromatic N) is 3. The second-order valence-corrected chi connectivity index (χ2v) is 14.0. The molecule has 0 bridgehead atoms. The zero-order valence-corrected chi connectivity index (χ0v) is 30.5. The molecule has 0 N–H and O–H groups in total. The number of hydrogen-bond donors (Lipinski definition) is 0. The molecular weight excluding hydrogens is 683 g/mol. The summed E-state index contributed by atoms with van der Waals surface area (Å²) in [6, 6.07) is 69.7. The molecule has 0 atom stereocenters. The Hall–Kier alpha value is -7.43. The van der Waals surface area contributed by atoms with Crippen LogP contribution in [0, 0.1) is 0 Å². The summed E-state index contributed by atoms with van der Waals surface area (Å²) < 4.78 is 6.41. The number of hydrogen-bond acceptors (Lipinski definition) is 4. The minimum atomic E-state index is 0.517. The highest BCUT2D eigenvalue weighted by atomic mass is 16.3. The minimum Gasteiger partial charge on any atom is -0.456 e. The van der Waals surface area contributed by atoms with Crippen molar-refractivity contribution in [3.05, 3.63) is 212 Å². The van der Waals surface area contributed by atoms with Gasteiger partial charge in [0.2, 0.25) is 0 Å². The van der Waals surface area contributed by atoms with Crippen LogP contribution in [0.5, 0.6) is 0 Å². The Balaban J connectivity index is 0.993. The van der Waals surface area contributed by atoms with E-state index in [0.29, 0.717) is 23.9 Å². The fourth-order valence-corrected chi connectivity index (χ4v) is 7.52. The van der Waals surface area contributed by atoms with Gasteiger partial charge in [-0.2, -0.15) is 0 Å². The largest absolute Gasteiger partial charge is 0.456 e.